The van der Waals surface area contributed by atoms with Crippen LogP contribution < -0.4 is 4.72 Å². The molecule has 0 fully saturated rings. The van der Waals surface area contributed by atoms with E-state index in [1.807, 2.05) is 37.3 Å². The Morgan fingerprint density at radius 1 is 0.958 bits per heavy atom. The molecule has 0 amide bonds. The summed E-state index contributed by atoms with van der Waals surface area (Å²) in [6.45, 7) is 4.08. The molecule has 24 heavy (non-hydrogen) atoms. The highest BCUT2D eigenvalue weighted by atomic mass is 32.2. The van der Waals surface area contributed by atoms with Gasteiger partial charge in [0.1, 0.15) is 0 Å². The molecule has 1 atom stereocenters. The van der Waals surface area contributed by atoms with Gasteiger partial charge in [-0.1, -0.05) is 67.8 Å². The largest absolute Gasteiger partial charge is 0.240 e. The van der Waals surface area contributed by atoms with Crippen LogP contribution in [0.3, 0.4) is 0 Å². The fraction of sp³-hybridized carbons (Fsp3) is 0.400. The molecule has 0 aliphatic carbocycles. The third kappa shape index (κ3) is 5.77. The number of sulfonamides is 1. The number of unbranched alkanes of at least 4 members (excludes halogenated alkanes) is 1. The number of hydrogen-bond donors (Lipinski definition) is 1. The van der Waals surface area contributed by atoms with E-state index in [9.17, 15) is 8.42 Å². The quantitative estimate of drug-likeness (QED) is 0.729. The van der Waals surface area contributed by atoms with Crippen LogP contribution in [0.5, 0.6) is 0 Å². The fourth-order valence-corrected chi connectivity index (χ4v) is 4.01. The summed E-state index contributed by atoms with van der Waals surface area (Å²) in [6.07, 6.45) is 4.65. The zero-order valence-corrected chi connectivity index (χ0v) is 15.4. The van der Waals surface area contributed by atoms with Crippen molar-refractivity contribution in [3.05, 3.63) is 65.7 Å². The standard InChI is InChI=1S/C20H27NO2S/c1-3-4-10-19(14-13-18-8-6-5-7-9-18)21-24(22,23)20-15-11-17(2)12-16-20/h5-9,11-12,15-16,19,21H,3-4,10,13-14H2,1-2H3. The second kappa shape index (κ2) is 9.00. The highest BCUT2D eigenvalue weighted by Gasteiger charge is 2.19. The van der Waals surface area contributed by atoms with E-state index in [0.29, 0.717) is 4.90 Å². The maximum Gasteiger partial charge on any atom is 0.240 e. The summed E-state index contributed by atoms with van der Waals surface area (Å²) in [5.74, 6) is 0. The lowest BCUT2D eigenvalue weighted by Crippen LogP contribution is -2.35. The van der Waals surface area contributed by atoms with Gasteiger partial charge < -0.3 is 0 Å². The Morgan fingerprint density at radius 2 is 1.62 bits per heavy atom. The van der Waals surface area contributed by atoms with E-state index in [4.69, 9.17) is 0 Å². The lowest BCUT2D eigenvalue weighted by Gasteiger charge is -2.19. The van der Waals surface area contributed by atoms with E-state index in [1.54, 1.807) is 12.1 Å². The summed E-state index contributed by atoms with van der Waals surface area (Å²) < 4.78 is 28.1. The summed E-state index contributed by atoms with van der Waals surface area (Å²) >= 11 is 0. The molecule has 3 nitrogen and oxygen atoms in total. The highest BCUT2D eigenvalue weighted by Crippen LogP contribution is 2.15. The van der Waals surface area contributed by atoms with Crippen molar-refractivity contribution in [2.75, 3.05) is 0 Å². The predicted molar refractivity (Wildman–Crippen MR) is 99.6 cm³/mol. The van der Waals surface area contributed by atoms with Crippen molar-refractivity contribution in [3.8, 4) is 0 Å². The van der Waals surface area contributed by atoms with E-state index in [-0.39, 0.29) is 6.04 Å². The number of rotatable bonds is 9. The molecule has 1 unspecified atom stereocenters. The monoisotopic (exact) mass is 345 g/mol. The third-order valence-electron chi connectivity index (χ3n) is 4.18. The Labute approximate surface area is 146 Å². The van der Waals surface area contributed by atoms with Crippen LogP contribution in [-0.4, -0.2) is 14.5 Å². The van der Waals surface area contributed by atoms with Crippen LogP contribution in [0.15, 0.2) is 59.5 Å². The van der Waals surface area contributed by atoms with Crippen LogP contribution in [0, 0.1) is 6.92 Å². The number of hydrogen-bond acceptors (Lipinski definition) is 2. The molecule has 4 heteroatoms. The Balaban J connectivity index is 2.05. The summed E-state index contributed by atoms with van der Waals surface area (Å²) in [5, 5.41) is 0. The predicted octanol–water partition coefficient (Wildman–Crippen LogP) is 4.46. The molecule has 0 aliphatic heterocycles. The van der Waals surface area contributed by atoms with Gasteiger partial charge in [0.05, 0.1) is 4.90 Å². The van der Waals surface area contributed by atoms with Crippen molar-refractivity contribution in [1.82, 2.24) is 4.72 Å². The molecular weight excluding hydrogens is 318 g/mol. The topological polar surface area (TPSA) is 46.2 Å². The average Bonchev–Trinajstić information content (AvgIpc) is 2.58. The van der Waals surface area contributed by atoms with Gasteiger partial charge in [0, 0.05) is 6.04 Å². The first kappa shape index (κ1) is 18.7. The molecule has 0 saturated carbocycles. The van der Waals surface area contributed by atoms with Crippen molar-refractivity contribution >= 4 is 10.0 Å². The van der Waals surface area contributed by atoms with Gasteiger partial charge in [-0.15, -0.1) is 0 Å². The molecule has 0 heterocycles. The van der Waals surface area contributed by atoms with E-state index in [2.05, 4.69) is 23.8 Å². The smallest absolute Gasteiger partial charge is 0.208 e. The molecule has 0 bridgehead atoms. The Bertz CT molecular complexity index is 709. The molecule has 0 aliphatic rings. The minimum absolute atomic E-state index is 0.0311. The lowest BCUT2D eigenvalue weighted by molar-refractivity contribution is 0.487. The number of nitrogens with one attached hydrogen (secondary N) is 1. The van der Waals surface area contributed by atoms with Gasteiger partial charge in [0.15, 0.2) is 0 Å². The minimum atomic E-state index is -3.46. The summed E-state index contributed by atoms with van der Waals surface area (Å²) in [4.78, 5) is 0.342. The fourth-order valence-electron chi connectivity index (χ4n) is 2.70. The van der Waals surface area contributed by atoms with Crippen LogP contribution >= 0.6 is 0 Å². The van der Waals surface area contributed by atoms with Gasteiger partial charge in [-0.2, -0.15) is 0 Å². The van der Waals surface area contributed by atoms with Crippen LogP contribution in [0.1, 0.15) is 43.7 Å². The maximum absolute atomic E-state index is 12.6. The average molecular weight is 346 g/mol. The first-order valence-corrected chi connectivity index (χ1v) is 10.1. The molecule has 0 saturated heterocycles. The molecule has 2 aromatic rings. The Kier molecular flexibility index (Phi) is 7.00. The maximum atomic E-state index is 12.6. The summed E-state index contributed by atoms with van der Waals surface area (Å²) in [5.41, 5.74) is 2.30. The summed E-state index contributed by atoms with van der Waals surface area (Å²) in [7, 11) is -3.46. The molecule has 0 radical (unpaired) electrons. The van der Waals surface area contributed by atoms with Crippen LogP contribution in [0.4, 0.5) is 0 Å². The van der Waals surface area contributed by atoms with Gasteiger partial charge >= 0.3 is 0 Å². The zero-order valence-electron chi connectivity index (χ0n) is 14.5. The van der Waals surface area contributed by atoms with Gasteiger partial charge in [-0.05, 0) is 43.9 Å². The second-order valence-corrected chi connectivity index (χ2v) is 8.01. The van der Waals surface area contributed by atoms with Crippen molar-refractivity contribution in [1.29, 1.82) is 0 Å². The molecule has 2 rings (SSSR count). The van der Waals surface area contributed by atoms with E-state index in [1.165, 1.54) is 5.56 Å². The van der Waals surface area contributed by atoms with E-state index < -0.39 is 10.0 Å². The number of benzene rings is 2. The third-order valence-corrected chi connectivity index (χ3v) is 5.72. The van der Waals surface area contributed by atoms with Crippen LogP contribution in [0.25, 0.3) is 0 Å². The molecule has 1 N–H and O–H groups in total. The Morgan fingerprint density at radius 3 is 2.25 bits per heavy atom. The van der Waals surface area contributed by atoms with Gasteiger partial charge in [0.2, 0.25) is 10.0 Å². The van der Waals surface area contributed by atoms with Gasteiger partial charge in [-0.3, -0.25) is 0 Å². The Hall–Kier alpha value is -1.65. The molecular formula is C20H27NO2S. The summed E-state index contributed by atoms with van der Waals surface area (Å²) in [6, 6.07) is 17.2. The first-order valence-electron chi connectivity index (χ1n) is 8.64. The number of aryl methyl sites for hydroxylation is 2. The van der Waals surface area contributed by atoms with E-state index in [0.717, 1.165) is 37.7 Å². The molecule has 0 spiro atoms. The van der Waals surface area contributed by atoms with Crippen molar-refractivity contribution in [2.24, 2.45) is 0 Å². The lowest BCUT2D eigenvalue weighted by atomic mass is 10.0. The zero-order chi connectivity index (χ0) is 17.4. The normalized spacial score (nSPS) is 12.9. The first-order chi connectivity index (χ1) is 11.5. The van der Waals surface area contributed by atoms with Crippen LogP contribution in [-0.2, 0) is 16.4 Å². The molecule has 130 valence electrons. The molecule has 2 aromatic carbocycles. The second-order valence-electron chi connectivity index (χ2n) is 6.30. The van der Waals surface area contributed by atoms with Crippen molar-refractivity contribution < 1.29 is 8.42 Å². The van der Waals surface area contributed by atoms with Gasteiger partial charge in [-0.25, -0.2) is 13.1 Å². The molecule has 0 aromatic heterocycles. The van der Waals surface area contributed by atoms with Crippen molar-refractivity contribution in [3.63, 3.8) is 0 Å². The van der Waals surface area contributed by atoms with Gasteiger partial charge in [0.25, 0.3) is 0 Å². The SMILES string of the molecule is CCCCC(CCc1ccccc1)NS(=O)(=O)c1ccc(C)cc1. The highest BCUT2D eigenvalue weighted by molar-refractivity contribution is 7.89. The van der Waals surface area contributed by atoms with Crippen molar-refractivity contribution in [2.45, 2.75) is 56.9 Å². The minimum Gasteiger partial charge on any atom is -0.208 e. The van der Waals surface area contributed by atoms with E-state index >= 15 is 0 Å². The van der Waals surface area contributed by atoms with Crippen LogP contribution in [0.2, 0.25) is 0 Å².